The van der Waals surface area contributed by atoms with Gasteiger partial charge in [0.05, 0.1) is 6.61 Å². The maximum Gasteiger partial charge on any atom is 0.303 e. The molecule has 1 aliphatic heterocycles. The molecule has 1 atom stereocenters. The zero-order valence-corrected chi connectivity index (χ0v) is 11.3. The first-order chi connectivity index (χ1) is 8.69. The van der Waals surface area contributed by atoms with Crippen LogP contribution in [0.15, 0.2) is 23.1 Å². The van der Waals surface area contributed by atoms with Gasteiger partial charge in [-0.3, -0.25) is 4.79 Å². The Bertz CT molecular complexity index is 431. The molecule has 0 saturated heterocycles. The van der Waals surface area contributed by atoms with Crippen LogP contribution in [-0.4, -0.2) is 23.4 Å². The van der Waals surface area contributed by atoms with Gasteiger partial charge in [-0.1, -0.05) is 0 Å². The third kappa shape index (κ3) is 3.42. The van der Waals surface area contributed by atoms with Crippen molar-refractivity contribution in [3.05, 3.63) is 23.8 Å². The van der Waals surface area contributed by atoms with Crippen LogP contribution in [0.1, 0.15) is 25.3 Å². The molecule has 98 valence electrons. The molecule has 1 aliphatic rings. The van der Waals surface area contributed by atoms with E-state index in [1.54, 1.807) is 0 Å². The second-order valence-electron chi connectivity index (χ2n) is 4.51. The van der Waals surface area contributed by atoms with Gasteiger partial charge in [0.2, 0.25) is 0 Å². The number of rotatable bonds is 4. The second-order valence-corrected chi connectivity index (χ2v) is 5.64. The molecule has 1 aromatic carbocycles. The molecule has 0 bridgehead atoms. The van der Waals surface area contributed by atoms with E-state index in [-0.39, 0.29) is 12.3 Å². The van der Waals surface area contributed by atoms with Crippen molar-refractivity contribution in [3.63, 3.8) is 0 Å². The van der Waals surface area contributed by atoms with E-state index < -0.39 is 5.97 Å². The SMILES string of the molecule is CCOc1ccc2c(c1)CC(CC(=O)O)CCS2. The number of aliphatic carboxylic acids is 1. The van der Waals surface area contributed by atoms with Crippen LogP contribution in [0, 0.1) is 5.92 Å². The maximum absolute atomic E-state index is 10.8. The van der Waals surface area contributed by atoms with Gasteiger partial charge in [-0.2, -0.15) is 0 Å². The molecular formula is C14H18O3S. The molecule has 1 N–H and O–H groups in total. The first-order valence-corrected chi connectivity index (χ1v) is 7.28. The molecule has 18 heavy (non-hydrogen) atoms. The normalized spacial score (nSPS) is 18.8. The third-order valence-electron chi connectivity index (χ3n) is 3.10. The van der Waals surface area contributed by atoms with Gasteiger partial charge in [-0.05, 0) is 55.2 Å². The predicted molar refractivity (Wildman–Crippen MR) is 72.4 cm³/mol. The summed E-state index contributed by atoms with van der Waals surface area (Å²) in [6.45, 7) is 2.62. The van der Waals surface area contributed by atoms with Crippen LogP contribution >= 0.6 is 11.8 Å². The van der Waals surface area contributed by atoms with Crippen molar-refractivity contribution in [3.8, 4) is 5.75 Å². The van der Waals surface area contributed by atoms with Crippen LogP contribution in [0.2, 0.25) is 0 Å². The molecule has 4 heteroatoms. The van der Waals surface area contributed by atoms with Crippen LogP contribution in [0.4, 0.5) is 0 Å². The predicted octanol–water partition coefficient (Wildman–Crippen LogP) is 3.21. The lowest BCUT2D eigenvalue weighted by Gasteiger charge is -2.12. The summed E-state index contributed by atoms with van der Waals surface area (Å²) in [6.07, 6.45) is 2.07. The molecule has 3 nitrogen and oxygen atoms in total. The lowest BCUT2D eigenvalue weighted by molar-refractivity contribution is -0.138. The van der Waals surface area contributed by atoms with Crippen molar-refractivity contribution in [2.75, 3.05) is 12.4 Å². The van der Waals surface area contributed by atoms with E-state index in [0.29, 0.717) is 6.61 Å². The van der Waals surface area contributed by atoms with E-state index in [1.165, 1.54) is 10.5 Å². The fraction of sp³-hybridized carbons (Fsp3) is 0.500. The summed E-state index contributed by atoms with van der Waals surface area (Å²) < 4.78 is 5.50. The Labute approximate surface area is 112 Å². The smallest absolute Gasteiger partial charge is 0.303 e. The van der Waals surface area contributed by atoms with Crippen molar-refractivity contribution < 1.29 is 14.6 Å². The number of carboxylic acid groups (broad SMARTS) is 1. The summed E-state index contributed by atoms with van der Waals surface area (Å²) in [5.74, 6) is 1.43. The van der Waals surface area contributed by atoms with E-state index in [2.05, 4.69) is 12.1 Å². The molecule has 1 unspecified atom stereocenters. The molecule has 1 aromatic rings. The maximum atomic E-state index is 10.8. The van der Waals surface area contributed by atoms with E-state index in [9.17, 15) is 4.79 Å². The highest BCUT2D eigenvalue weighted by Crippen LogP contribution is 2.34. The van der Waals surface area contributed by atoms with Gasteiger partial charge in [0.25, 0.3) is 0 Å². The van der Waals surface area contributed by atoms with Gasteiger partial charge in [0.1, 0.15) is 5.75 Å². The summed E-state index contributed by atoms with van der Waals surface area (Å²) in [5.41, 5.74) is 1.23. The van der Waals surface area contributed by atoms with Crippen LogP contribution in [0.5, 0.6) is 5.75 Å². The summed E-state index contributed by atoms with van der Waals surface area (Å²) in [6, 6.07) is 6.15. The van der Waals surface area contributed by atoms with Crippen molar-refractivity contribution >= 4 is 17.7 Å². The average molecular weight is 266 g/mol. The van der Waals surface area contributed by atoms with Crippen LogP contribution in [0.25, 0.3) is 0 Å². The van der Waals surface area contributed by atoms with Crippen LogP contribution in [-0.2, 0) is 11.2 Å². The van der Waals surface area contributed by atoms with Gasteiger partial charge in [-0.25, -0.2) is 0 Å². The molecule has 0 spiro atoms. The number of benzene rings is 1. The topological polar surface area (TPSA) is 46.5 Å². The fourth-order valence-corrected chi connectivity index (χ4v) is 3.45. The molecule has 1 heterocycles. The van der Waals surface area contributed by atoms with Crippen LogP contribution < -0.4 is 4.74 Å². The van der Waals surface area contributed by atoms with Crippen molar-refractivity contribution in [1.29, 1.82) is 0 Å². The minimum Gasteiger partial charge on any atom is -0.494 e. The first kappa shape index (κ1) is 13.3. The number of fused-ring (bicyclic) bond motifs is 1. The fourth-order valence-electron chi connectivity index (χ4n) is 2.28. The monoisotopic (exact) mass is 266 g/mol. The number of carboxylic acids is 1. The second kappa shape index (κ2) is 6.14. The highest BCUT2D eigenvalue weighted by molar-refractivity contribution is 7.99. The number of hydrogen-bond donors (Lipinski definition) is 1. The van der Waals surface area contributed by atoms with E-state index in [0.717, 1.165) is 24.3 Å². The zero-order valence-electron chi connectivity index (χ0n) is 10.5. The first-order valence-electron chi connectivity index (χ1n) is 6.29. The summed E-state index contributed by atoms with van der Waals surface area (Å²) in [7, 11) is 0. The van der Waals surface area contributed by atoms with Crippen molar-refractivity contribution in [1.82, 2.24) is 0 Å². The largest absolute Gasteiger partial charge is 0.494 e. The number of hydrogen-bond acceptors (Lipinski definition) is 3. The Morgan fingerprint density at radius 1 is 1.56 bits per heavy atom. The van der Waals surface area contributed by atoms with Gasteiger partial charge < -0.3 is 9.84 Å². The molecular weight excluding hydrogens is 248 g/mol. The average Bonchev–Trinajstić information content (AvgIpc) is 2.49. The minimum atomic E-state index is -0.700. The minimum absolute atomic E-state index is 0.244. The Kier molecular flexibility index (Phi) is 4.53. The molecule has 0 aliphatic carbocycles. The summed E-state index contributed by atoms with van der Waals surface area (Å²) in [4.78, 5) is 12.1. The Balaban J connectivity index is 2.16. The molecule has 0 amide bonds. The summed E-state index contributed by atoms with van der Waals surface area (Å²) >= 11 is 1.82. The highest BCUT2D eigenvalue weighted by Gasteiger charge is 2.20. The quantitative estimate of drug-likeness (QED) is 0.909. The van der Waals surface area contributed by atoms with Crippen molar-refractivity contribution in [2.45, 2.75) is 31.1 Å². The lowest BCUT2D eigenvalue weighted by Crippen LogP contribution is -2.10. The number of carbonyl (C=O) groups is 1. The standard InChI is InChI=1S/C14H18O3S/c1-2-17-12-3-4-13-11(9-12)7-10(5-6-18-13)8-14(15)16/h3-4,9-10H,2,5-8H2,1H3,(H,15,16). The molecule has 2 rings (SSSR count). The Morgan fingerprint density at radius 2 is 2.39 bits per heavy atom. The lowest BCUT2D eigenvalue weighted by atomic mass is 9.94. The summed E-state index contributed by atoms with van der Waals surface area (Å²) in [5, 5.41) is 8.91. The van der Waals surface area contributed by atoms with E-state index >= 15 is 0 Å². The van der Waals surface area contributed by atoms with E-state index in [1.807, 2.05) is 24.8 Å². The molecule has 0 fully saturated rings. The Hall–Kier alpha value is -1.16. The number of thioether (sulfide) groups is 1. The molecule has 0 aromatic heterocycles. The molecule has 0 saturated carbocycles. The van der Waals surface area contributed by atoms with Gasteiger partial charge >= 0.3 is 5.97 Å². The van der Waals surface area contributed by atoms with Crippen molar-refractivity contribution in [2.24, 2.45) is 5.92 Å². The third-order valence-corrected chi connectivity index (χ3v) is 4.25. The van der Waals surface area contributed by atoms with E-state index in [4.69, 9.17) is 9.84 Å². The van der Waals surface area contributed by atoms with Gasteiger partial charge in [0.15, 0.2) is 0 Å². The Morgan fingerprint density at radius 3 is 3.11 bits per heavy atom. The van der Waals surface area contributed by atoms with Crippen LogP contribution in [0.3, 0.4) is 0 Å². The number of ether oxygens (including phenoxy) is 1. The van der Waals surface area contributed by atoms with Gasteiger partial charge in [0, 0.05) is 11.3 Å². The van der Waals surface area contributed by atoms with Gasteiger partial charge in [-0.15, -0.1) is 11.8 Å². The zero-order chi connectivity index (χ0) is 13.0. The molecule has 0 radical (unpaired) electrons. The highest BCUT2D eigenvalue weighted by atomic mass is 32.2.